The molecule has 0 amide bonds. The van der Waals surface area contributed by atoms with Crippen molar-refractivity contribution in [1.82, 2.24) is 0 Å². The Morgan fingerprint density at radius 3 is 1.71 bits per heavy atom. The van der Waals surface area contributed by atoms with E-state index in [0.29, 0.717) is 0 Å². The van der Waals surface area contributed by atoms with Crippen LogP contribution in [0.2, 0.25) is 0 Å². The predicted molar refractivity (Wildman–Crippen MR) is 29.9 cm³/mol. The second kappa shape index (κ2) is 8.94. The van der Waals surface area contributed by atoms with Crippen LogP contribution in [-0.2, 0) is 4.79 Å². The summed E-state index contributed by atoms with van der Waals surface area (Å²) in [4.78, 5) is 8.35. The minimum Gasteiger partial charge on any atom is -0.377 e. The van der Waals surface area contributed by atoms with E-state index in [1.165, 1.54) is 0 Å². The first-order valence-electron chi connectivity index (χ1n) is 1.24. The van der Waals surface area contributed by atoms with E-state index >= 15 is 0 Å². The van der Waals surface area contributed by atoms with Crippen LogP contribution in [-0.4, -0.2) is 11.1 Å². The second-order valence-electron chi connectivity index (χ2n) is 0.504. The van der Waals surface area contributed by atoms with Crippen LogP contribution in [0.3, 0.4) is 0 Å². The Morgan fingerprint density at radius 2 is 1.71 bits per heavy atom. The normalized spacial score (nSPS) is 4.57. The Balaban J connectivity index is 0. The maximum absolute atomic E-state index is 8.35. The third-order valence-electron chi connectivity index (χ3n) is 0. The Kier molecular flexibility index (Phi) is 12.1. The largest absolute Gasteiger partial charge is 0.377 e. The van der Waals surface area contributed by atoms with E-state index in [-0.39, 0.29) is 5.11 Å². The molecule has 0 aromatic heterocycles. The van der Waals surface area contributed by atoms with Crippen molar-refractivity contribution in [2.45, 2.75) is 0 Å². The third kappa shape index (κ3) is 68.5. The molecule has 4 N–H and O–H groups in total. The van der Waals surface area contributed by atoms with Crippen molar-refractivity contribution in [3.63, 3.8) is 0 Å². The van der Waals surface area contributed by atoms with Gasteiger partial charge in [-0.05, 0) is 12.2 Å². The van der Waals surface area contributed by atoms with E-state index in [1.54, 1.807) is 0 Å². The maximum Gasteiger partial charge on any atom is 0.160 e. The molecular formula is C3H4N2OS. The fraction of sp³-hybridized carbons (Fsp3) is 0. The first kappa shape index (κ1) is 9.46. The molecule has 2 radical (unpaired) electrons. The third-order valence-corrected chi connectivity index (χ3v) is 0. The lowest BCUT2D eigenvalue weighted by Gasteiger charge is -1.68. The zero-order chi connectivity index (χ0) is 6.28. The van der Waals surface area contributed by atoms with Gasteiger partial charge in [0.05, 0.1) is 6.58 Å². The molecule has 0 heterocycles. The minimum atomic E-state index is 0.000000000000000222. The maximum atomic E-state index is 8.35. The summed E-state index contributed by atoms with van der Waals surface area (Å²) in [6.45, 7) is 5.40. The molecule has 4 heteroatoms. The Bertz CT molecular complexity index is 80.9. The van der Waals surface area contributed by atoms with Gasteiger partial charge in [0.25, 0.3) is 0 Å². The van der Waals surface area contributed by atoms with E-state index < -0.39 is 0 Å². The molecular weight excluding hydrogens is 112 g/mol. The van der Waals surface area contributed by atoms with E-state index in [2.05, 4.69) is 23.7 Å². The fourth-order valence-electron chi connectivity index (χ4n) is 0. The monoisotopic (exact) mass is 116 g/mol. The van der Waals surface area contributed by atoms with Gasteiger partial charge in [-0.25, -0.2) is 4.79 Å². The zero-order valence-corrected chi connectivity index (χ0v) is 4.29. The molecule has 0 rings (SSSR count). The quantitative estimate of drug-likeness (QED) is 0.310. The molecule has 0 saturated carbocycles. The minimum absolute atomic E-state index is 0.000000000000000222. The van der Waals surface area contributed by atoms with Crippen molar-refractivity contribution in [3.8, 4) is 0 Å². The number of carbonyl (C=O) groups excluding carboxylic acids is 1. The smallest absolute Gasteiger partial charge is 0.160 e. The van der Waals surface area contributed by atoms with Gasteiger partial charge in [-0.1, -0.05) is 0 Å². The molecule has 0 fully saturated rings. The summed E-state index contributed by atoms with van der Waals surface area (Å²) in [5.41, 5.74) is 9.24. The van der Waals surface area contributed by atoms with Crippen molar-refractivity contribution in [2.75, 3.05) is 0 Å². The number of rotatable bonds is 0. The molecule has 3 nitrogen and oxygen atoms in total. The summed E-state index contributed by atoms with van der Waals surface area (Å²) in [6, 6.07) is 0. The highest BCUT2D eigenvalue weighted by Crippen LogP contribution is 1.32. The molecule has 0 bridgehead atoms. The van der Waals surface area contributed by atoms with Crippen LogP contribution in [0, 0.1) is 6.58 Å². The lowest BCUT2D eigenvalue weighted by molar-refractivity contribution is 0.569. The van der Waals surface area contributed by atoms with E-state index in [4.69, 9.17) is 11.4 Å². The van der Waals surface area contributed by atoms with Crippen LogP contribution in [0.15, 0.2) is 0 Å². The summed E-state index contributed by atoms with van der Waals surface area (Å²) in [6.07, 6.45) is 0. The predicted octanol–water partition coefficient (Wildman–Crippen LogP) is -1.13. The first-order valence-corrected chi connectivity index (χ1v) is 1.64. The fourth-order valence-corrected chi connectivity index (χ4v) is 0. The van der Waals surface area contributed by atoms with Gasteiger partial charge in [0.1, 0.15) is 5.94 Å². The highest BCUT2D eigenvalue weighted by Gasteiger charge is 1.53. The van der Waals surface area contributed by atoms with Crippen molar-refractivity contribution in [3.05, 3.63) is 6.58 Å². The van der Waals surface area contributed by atoms with Crippen LogP contribution in [0.25, 0.3) is 0 Å². The molecule has 0 aliphatic carbocycles. The van der Waals surface area contributed by atoms with Gasteiger partial charge >= 0.3 is 0 Å². The molecule has 0 aliphatic heterocycles. The second-order valence-corrected chi connectivity index (χ2v) is 0.976. The topological polar surface area (TPSA) is 69.1 Å². The van der Waals surface area contributed by atoms with Crippen molar-refractivity contribution in [1.29, 1.82) is 0 Å². The standard InChI is InChI=1S/C2O.CH4N2S/c1-2-3;2-1(3)4/h;(H4,2,3,4). The summed E-state index contributed by atoms with van der Waals surface area (Å²) >= 11 is 4.09. The summed E-state index contributed by atoms with van der Waals surface area (Å²) in [5, 5.41) is 0.000000000000000222. The number of hydrogen-bond donors (Lipinski definition) is 2. The van der Waals surface area contributed by atoms with Gasteiger partial charge in [-0.2, -0.15) is 0 Å². The summed E-state index contributed by atoms with van der Waals surface area (Å²) in [7, 11) is 0. The molecule has 0 aliphatic rings. The van der Waals surface area contributed by atoms with E-state index in [0.717, 1.165) is 5.94 Å². The molecule has 0 aromatic rings. The zero-order valence-electron chi connectivity index (χ0n) is 3.47. The van der Waals surface area contributed by atoms with E-state index in [1.807, 2.05) is 0 Å². The average molecular weight is 116 g/mol. The SMILES string of the molecule is NC(N)=S.[C]=C=O. The highest BCUT2D eigenvalue weighted by atomic mass is 32.1. The summed E-state index contributed by atoms with van der Waals surface area (Å²) in [5.74, 6) is 0.750. The van der Waals surface area contributed by atoms with Crippen molar-refractivity contribution < 1.29 is 4.79 Å². The Hall–Kier alpha value is -0.860. The van der Waals surface area contributed by atoms with Gasteiger partial charge in [-0.15, -0.1) is 0 Å². The lowest BCUT2D eigenvalue weighted by Crippen LogP contribution is -2.18. The van der Waals surface area contributed by atoms with E-state index in [9.17, 15) is 0 Å². The number of hydrogen-bond acceptors (Lipinski definition) is 2. The average Bonchev–Trinajstić information content (AvgIpc) is 1.33. The first-order chi connectivity index (χ1) is 3.15. The van der Waals surface area contributed by atoms with Crippen LogP contribution in [0.4, 0.5) is 0 Å². The van der Waals surface area contributed by atoms with Gasteiger partial charge in [-0.3, -0.25) is 0 Å². The molecule has 7 heavy (non-hydrogen) atoms. The highest BCUT2D eigenvalue weighted by molar-refractivity contribution is 7.80. The molecule has 0 atom stereocenters. The van der Waals surface area contributed by atoms with Crippen molar-refractivity contribution >= 4 is 23.3 Å². The molecule has 0 unspecified atom stereocenters. The molecule has 38 valence electrons. The van der Waals surface area contributed by atoms with Gasteiger partial charge in [0.2, 0.25) is 0 Å². The summed E-state index contributed by atoms with van der Waals surface area (Å²) < 4.78 is 0. The van der Waals surface area contributed by atoms with Crippen LogP contribution >= 0.6 is 12.2 Å². The van der Waals surface area contributed by atoms with Crippen LogP contribution < -0.4 is 11.5 Å². The number of thiocarbonyl (C=S) groups is 1. The van der Waals surface area contributed by atoms with Gasteiger partial charge < -0.3 is 11.5 Å². The lowest BCUT2D eigenvalue weighted by atomic mass is 11.2. The van der Waals surface area contributed by atoms with Crippen LogP contribution in [0.5, 0.6) is 0 Å². The Morgan fingerprint density at radius 1 is 1.71 bits per heavy atom. The molecule has 0 spiro atoms. The number of nitrogens with two attached hydrogens (primary N) is 2. The van der Waals surface area contributed by atoms with Gasteiger partial charge in [0, 0.05) is 0 Å². The molecule has 0 saturated heterocycles. The van der Waals surface area contributed by atoms with Gasteiger partial charge in [0.15, 0.2) is 5.11 Å². The Labute approximate surface area is 47.0 Å². The van der Waals surface area contributed by atoms with Crippen molar-refractivity contribution in [2.24, 2.45) is 11.5 Å². The molecule has 0 aromatic carbocycles. The van der Waals surface area contributed by atoms with Crippen LogP contribution in [0.1, 0.15) is 0 Å².